The summed E-state index contributed by atoms with van der Waals surface area (Å²) >= 11 is 9.00. The van der Waals surface area contributed by atoms with Crippen LogP contribution in [0.25, 0.3) is 0 Å². The third-order valence-corrected chi connectivity index (χ3v) is 6.19. The fourth-order valence-electron chi connectivity index (χ4n) is 2.60. The molecule has 1 amide bonds. The monoisotopic (exact) mass is 554 g/mol. The summed E-state index contributed by atoms with van der Waals surface area (Å²) in [6, 6.07) is 7.93. The minimum Gasteiger partial charge on any atom is -0.377 e. The lowest BCUT2D eigenvalue weighted by molar-refractivity contribution is -0.137. The first-order chi connectivity index (χ1) is 14.7. The van der Waals surface area contributed by atoms with Crippen LogP contribution in [0, 0.1) is 0 Å². The standard InChI is InChI=1S/C19H19BrClF3N4O3S/c1-27(2)17-7-4-12(8-15(17)20)10-25-26-18(29)11-28(32(3,30)31)13-5-6-16(21)14(9-13)19(22,23)24/h4-10H,11H2,1-3H3,(H,26,29). The van der Waals surface area contributed by atoms with Crippen LogP contribution in [0.3, 0.4) is 0 Å². The van der Waals surface area contributed by atoms with Crippen molar-refractivity contribution in [3.63, 3.8) is 0 Å². The Labute approximate surface area is 197 Å². The smallest absolute Gasteiger partial charge is 0.377 e. The number of rotatable bonds is 7. The van der Waals surface area contributed by atoms with Crippen LogP contribution in [0.5, 0.6) is 0 Å². The van der Waals surface area contributed by atoms with Crippen LogP contribution in [-0.2, 0) is 21.0 Å². The van der Waals surface area contributed by atoms with Crippen molar-refractivity contribution in [1.29, 1.82) is 0 Å². The average Bonchev–Trinajstić information content (AvgIpc) is 2.64. The maximum Gasteiger partial charge on any atom is 0.417 e. The molecule has 0 aliphatic rings. The van der Waals surface area contributed by atoms with Crippen molar-refractivity contribution >= 4 is 61.1 Å². The number of hydrogen-bond donors (Lipinski definition) is 1. The van der Waals surface area contributed by atoms with Crippen LogP contribution in [0.15, 0.2) is 46.0 Å². The molecule has 0 aliphatic heterocycles. The first-order valence-corrected chi connectivity index (χ1v) is 11.9. The number of amides is 1. The van der Waals surface area contributed by atoms with E-state index in [0.717, 1.165) is 28.5 Å². The van der Waals surface area contributed by atoms with E-state index >= 15 is 0 Å². The molecular formula is C19H19BrClF3N4O3S. The highest BCUT2D eigenvalue weighted by atomic mass is 79.9. The lowest BCUT2D eigenvalue weighted by atomic mass is 10.2. The van der Waals surface area contributed by atoms with Gasteiger partial charge >= 0.3 is 6.18 Å². The molecule has 13 heteroatoms. The maximum absolute atomic E-state index is 13.1. The van der Waals surface area contributed by atoms with Gasteiger partial charge < -0.3 is 4.90 Å². The third kappa shape index (κ3) is 6.84. The van der Waals surface area contributed by atoms with Crippen LogP contribution in [0.4, 0.5) is 24.5 Å². The van der Waals surface area contributed by atoms with Crippen LogP contribution in [0.2, 0.25) is 5.02 Å². The number of alkyl halides is 3. The molecule has 0 saturated heterocycles. The van der Waals surface area contributed by atoms with Crippen LogP contribution >= 0.6 is 27.5 Å². The number of anilines is 2. The largest absolute Gasteiger partial charge is 0.417 e. The number of halogens is 5. The van der Waals surface area contributed by atoms with E-state index in [1.165, 1.54) is 6.21 Å². The van der Waals surface area contributed by atoms with Gasteiger partial charge in [0.25, 0.3) is 5.91 Å². The normalized spacial score (nSPS) is 12.1. The van der Waals surface area contributed by atoms with Gasteiger partial charge in [-0.1, -0.05) is 17.7 Å². The second-order valence-corrected chi connectivity index (χ2v) is 10.00. The van der Waals surface area contributed by atoms with E-state index in [0.29, 0.717) is 15.9 Å². The Morgan fingerprint density at radius 1 is 1.22 bits per heavy atom. The maximum atomic E-state index is 13.1. The topological polar surface area (TPSA) is 82.1 Å². The molecule has 2 rings (SSSR count). The Morgan fingerprint density at radius 2 is 1.88 bits per heavy atom. The lowest BCUT2D eigenvalue weighted by Gasteiger charge is -2.22. The molecule has 174 valence electrons. The quantitative estimate of drug-likeness (QED) is 0.412. The SMILES string of the molecule is CN(C)c1ccc(C=NNC(=O)CN(c2ccc(Cl)c(C(F)(F)F)c2)S(C)(=O)=O)cc1Br. The number of carbonyl (C=O) groups excluding carboxylic acids is 1. The summed E-state index contributed by atoms with van der Waals surface area (Å²) in [7, 11) is -0.335. The van der Waals surface area contributed by atoms with Crippen molar-refractivity contribution in [2.45, 2.75) is 6.18 Å². The molecule has 0 bridgehead atoms. The van der Waals surface area contributed by atoms with E-state index in [2.05, 4.69) is 26.5 Å². The highest BCUT2D eigenvalue weighted by molar-refractivity contribution is 9.10. The van der Waals surface area contributed by atoms with Crippen LogP contribution in [-0.4, -0.2) is 47.4 Å². The van der Waals surface area contributed by atoms with Crippen molar-refractivity contribution in [2.24, 2.45) is 5.10 Å². The summed E-state index contributed by atoms with van der Waals surface area (Å²) in [4.78, 5) is 14.1. The molecule has 1 N–H and O–H groups in total. The number of hydrazone groups is 1. The number of hydrogen-bond acceptors (Lipinski definition) is 5. The van der Waals surface area contributed by atoms with E-state index in [4.69, 9.17) is 11.6 Å². The van der Waals surface area contributed by atoms with Gasteiger partial charge in [-0.05, 0) is 51.8 Å². The van der Waals surface area contributed by atoms with Gasteiger partial charge in [0.05, 0.1) is 34.4 Å². The molecule has 0 saturated carbocycles. The minimum atomic E-state index is -4.79. The summed E-state index contributed by atoms with van der Waals surface area (Å²) in [5.41, 5.74) is 2.17. The van der Waals surface area contributed by atoms with Crippen molar-refractivity contribution in [3.05, 3.63) is 57.0 Å². The van der Waals surface area contributed by atoms with Crippen molar-refractivity contribution < 1.29 is 26.4 Å². The van der Waals surface area contributed by atoms with Gasteiger partial charge in [0.2, 0.25) is 10.0 Å². The summed E-state index contributed by atoms with van der Waals surface area (Å²) in [6.07, 6.45) is -2.68. The number of nitrogens with one attached hydrogen (secondary N) is 1. The number of nitrogens with zero attached hydrogens (tertiary/aromatic N) is 3. The highest BCUT2D eigenvalue weighted by Crippen LogP contribution is 2.37. The second-order valence-electron chi connectivity index (χ2n) is 6.83. The van der Waals surface area contributed by atoms with E-state index in [9.17, 15) is 26.4 Å². The number of carbonyl (C=O) groups is 1. The molecule has 0 unspecified atom stereocenters. The molecule has 2 aromatic carbocycles. The fourth-order valence-corrected chi connectivity index (χ4v) is 4.42. The van der Waals surface area contributed by atoms with Gasteiger partial charge in [-0.2, -0.15) is 18.3 Å². The Hall–Kier alpha value is -2.31. The summed E-state index contributed by atoms with van der Waals surface area (Å²) in [6.45, 7) is -0.779. The number of benzene rings is 2. The molecule has 2 aromatic rings. The molecule has 0 heterocycles. The second kappa shape index (κ2) is 10.1. The third-order valence-electron chi connectivity index (χ3n) is 4.09. The van der Waals surface area contributed by atoms with Crippen molar-refractivity contribution in [1.82, 2.24) is 5.43 Å². The lowest BCUT2D eigenvalue weighted by Crippen LogP contribution is -2.39. The first kappa shape index (κ1) is 25.9. The highest BCUT2D eigenvalue weighted by Gasteiger charge is 2.34. The zero-order valence-electron chi connectivity index (χ0n) is 17.1. The molecule has 0 atom stereocenters. The molecule has 0 radical (unpaired) electrons. The Balaban J connectivity index is 2.18. The van der Waals surface area contributed by atoms with Crippen molar-refractivity contribution in [3.8, 4) is 0 Å². The van der Waals surface area contributed by atoms with Gasteiger partial charge in [-0.3, -0.25) is 9.10 Å². The number of sulfonamides is 1. The van der Waals surface area contributed by atoms with E-state index in [-0.39, 0.29) is 5.69 Å². The minimum absolute atomic E-state index is 0.355. The molecular weight excluding hydrogens is 537 g/mol. The van der Waals surface area contributed by atoms with E-state index < -0.39 is 39.2 Å². The Bertz CT molecular complexity index is 1140. The van der Waals surface area contributed by atoms with Gasteiger partial charge in [0.1, 0.15) is 6.54 Å². The predicted octanol–water partition coefficient (Wildman–Crippen LogP) is 4.10. The van der Waals surface area contributed by atoms with Crippen molar-refractivity contribution in [2.75, 3.05) is 36.1 Å². The fraction of sp³-hybridized carbons (Fsp3) is 0.263. The molecule has 0 aromatic heterocycles. The molecule has 0 aliphatic carbocycles. The van der Waals surface area contributed by atoms with Crippen LogP contribution < -0.4 is 14.6 Å². The summed E-state index contributed by atoms with van der Waals surface area (Å²) in [5, 5.41) is 3.19. The molecule has 7 nitrogen and oxygen atoms in total. The Morgan fingerprint density at radius 3 is 2.41 bits per heavy atom. The van der Waals surface area contributed by atoms with Gasteiger partial charge in [-0.25, -0.2) is 13.8 Å². The molecule has 0 fully saturated rings. The van der Waals surface area contributed by atoms with Gasteiger partial charge in [0, 0.05) is 18.6 Å². The molecule has 32 heavy (non-hydrogen) atoms. The van der Waals surface area contributed by atoms with Crippen LogP contribution in [0.1, 0.15) is 11.1 Å². The predicted molar refractivity (Wildman–Crippen MR) is 123 cm³/mol. The zero-order chi connectivity index (χ0) is 24.3. The first-order valence-electron chi connectivity index (χ1n) is 8.83. The van der Waals surface area contributed by atoms with Gasteiger partial charge in [-0.15, -0.1) is 0 Å². The summed E-state index contributed by atoms with van der Waals surface area (Å²) < 4.78 is 64.9. The zero-order valence-corrected chi connectivity index (χ0v) is 20.3. The molecule has 0 spiro atoms. The van der Waals surface area contributed by atoms with E-state index in [1.54, 1.807) is 12.1 Å². The van der Waals surface area contributed by atoms with E-state index in [1.807, 2.05) is 25.1 Å². The van der Waals surface area contributed by atoms with Gasteiger partial charge in [0.15, 0.2) is 0 Å². The summed E-state index contributed by atoms with van der Waals surface area (Å²) in [5.74, 6) is -0.848. The average molecular weight is 556 g/mol. The Kier molecular flexibility index (Phi) is 8.18.